The maximum Gasteiger partial charge on any atom is 0.442 e. The van der Waals surface area contributed by atoms with Crippen molar-refractivity contribution in [2.45, 2.75) is 107 Å². The van der Waals surface area contributed by atoms with Crippen molar-refractivity contribution in [2.75, 3.05) is 52.5 Å². The van der Waals surface area contributed by atoms with Gasteiger partial charge in [0.15, 0.2) is 16.6 Å². The molecule has 6 heterocycles. The van der Waals surface area contributed by atoms with Crippen LogP contribution in [0.15, 0.2) is 150 Å². The van der Waals surface area contributed by atoms with Crippen LogP contribution in [-0.4, -0.2) is 158 Å². The Balaban J connectivity index is 0.000000339. The summed E-state index contributed by atoms with van der Waals surface area (Å²) >= 11 is 0. The molecule has 4 amide bonds. The van der Waals surface area contributed by atoms with Gasteiger partial charge in [-0.25, -0.2) is 45.2 Å². The second kappa shape index (κ2) is 24.7. The van der Waals surface area contributed by atoms with Gasteiger partial charge in [-0.1, -0.05) is 41.5 Å². The molecule has 83 heavy (non-hydrogen) atoms. The molecule has 5 aromatic rings. The van der Waals surface area contributed by atoms with E-state index in [1.165, 1.54) is 59.6 Å². The molecule has 0 aliphatic carbocycles. The van der Waals surface area contributed by atoms with Gasteiger partial charge in [-0.15, -0.1) is 8.57 Å². The Bertz CT molecular complexity index is 3320. The second-order valence-corrected chi connectivity index (χ2v) is 41.6. The van der Waals surface area contributed by atoms with Gasteiger partial charge in [0.05, 0.1) is 49.3 Å². The Morgan fingerprint density at radius 2 is 0.940 bits per heavy atom. The molecular weight excluding hydrogens is 1180 g/mol. The summed E-state index contributed by atoms with van der Waals surface area (Å²) in [5, 5.41) is 13.7. The summed E-state index contributed by atoms with van der Waals surface area (Å²) < 4.78 is 109. The number of aromatic nitrogens is 4. The zero-order chi connectivity index (χ0) is 60.4. The van der Waals surface area contributed by atoms with Crippen LogP contribution in [0.25, 0.3) is 11.4 Å². The van der Waals surface area contributed by atoms with Gasteiger partial charge in [-0.05, 0) is 48.4 Å². The summed E-state index contributed by atoms with van der Waals surface area (Å²) in [5.41, 5.74) is 0.762. The van der Waals surface area contributed by atoms with Gasteiger partial charge in [-0.3, -0.25) is 0 Å². The van der Waals surface area contributed by atoms with Crippen LogP contribution in [0, 0.1) is 0 Å². The molecule has 28 heteroatoms. The molecule has 4 aliphatic rings. The standard InChI is InChI=1S/C34H56N10O12S3Si2.C21H21P/c1-33(2,3)60(7,8)53-13-11-37-57(47,48)29-17-35-41(23-29)25-15-27-21-39(19-25)31(45)43(27)55-59(51,52)56-44-28-16-26(20-40(22-28)32(44)46)42-24-30(18-36-42)58(49,50)38-12-14-54-61(9,10)34(4,5)6;1-2-18-22(19-12-6-3-7-13-19,20-14-8-4-9-15-20)21-16-10-5-11-17-21/h15-18,23-24,27-28,37-38H,11-14,19-22H2,1-10H3;2-18,22H,1H3/b;18-2+. The van der Waals surface area contributed by atoms with E-state index in [0.29, 0.717) is 21.5 Å². The number of benzene rings is 3. The number of sulfonamides is 2. The Hall–Kier alpha value is -5.69. The Labute approximate surface area is 491 Å². The summed E-state index contributed by atoms with van der Waals surface area (Å²) in [6, 6.07) is 29.2. The van der Waals surface area contributed by atoms with Crippen LogP contribution in [0.2, 0.25) is 36.3 Å². The zero-order valence-electron chi connectivity index (χ0n) is 48.8. The van der Waals surface area contributed by atoms with Crippen LogP contribution in [0.3, 0.4) is 0 Å². The van der Waals surface area contributed by atoms with E-state index in [1.54, 1.807) is 0 Å². The molecule has 9 rings (SSSR count). The molecule has 4 aliphatic heterocycles. The van der Waals surface area contributed by atoms with Gasteiger partial charge in [0.2, 0.25) is 20.0 Å². The predicted molar refractivity (Wildman–Crippen MR) is 327 cm³/mol. The fourth-order valence-corrected chi connectivity index (χ4v) is 18.3. The van der Waals surface area contributed by atoms with E-state index in [-0.39, 0.29) is 72.3 Å². The first-order valence-electron chi connectivity index (χ1n) is 27.3. The van der Waals surface area contributed by atoms with E-state index in [1.807, 2.05) is 0 Å². The van der Waals surface area contributed by atoms with Gasteiger partial charge in [0.25, 0.3) is 0 Å². The SMILES string of the molecule is C/C=C/[PH](c1ccccc1)(c1ccccc1)c1ccccc1.CC(C)(C)[Si](C)(C)OCCNS(=O)(=O)c1cnn(C2=CC3CN(C2)C(=O)N3OS(=O)(=O)ON2C(=O)N3CC(n4cc(S(=O)(=O)NCCO[Si](C)(C)C(C)(C)C)cn4)=CC2C3)c1. The maximum atomic E-state index is 13.3. The van der Waals surface area contributed by atoms with Crippen LogP contribution in [-0.2, 0) is 47.9 Å². The number of hydroxylamine groups is 4. The molecule has 2 saturated heterocycles. The molecule has 2 atom stereocenters. The number of allylic oxidation sites excluding steroid dienone is 1. The predicted octanol–water partition coefficient (Wildman–Crippen LogP) is 6.66. The number of carbonyl (C=O) groups excluding carboxylic acids is 2. The van der Waals surface area contributed by atoms with Gasteiger partial charge in [0.1, 0.15) is 21.9 Å². The molecule has 4 bridgehead atoms. The van der Waals surface area contributed by atoms with Crippen molar-refractivity contribution in [2.24, 2.45) is 0 Å². The van der Waals surface area contributed by atoms with E-state index >= 15 is 0 Å². The second-order valence-electron chi connectivity index (χ2n) is 23.6. The minimum Gasteiger partial charge on any atom is -0.415 e. The molecule has 2 fully saturated rings. The molecule has 2 N–H and O–H groups in total. The number of fused-ring (bicyclic) bond motifs is 4. The average molecular weight is 1250 g/mol. The van der Waals surface area contributed by atoms with Crippen molar-refractivity contribution in [1.82, 2.24) is 48.9 Å². The van der Waals surface area contributed by atoms with Crippen LogP contribution in [0.4, 0.5) is 9.59 Å². The summed E-state index contributed by atoms with van der Waals surface area (Å²) in [4.78, 5) is 28.9. The zero-order valence-corrected chi connectivity index (χ0v) is 54.2. The van der Waals surface area contributed by atoms with E-state index < -0.39 is 78.5 Å². The van der Waals surface area contributed by atoms with Crippen molar-refractivity contribution in [3.05, 3.63) is 140 Å². The molecule has 22 nitrogen and oxygen atoms in total. The topological polar surface area (TPSA) is 246 Å². The van der Waals surface area contributed by atoms with Crippen LogP contribution in [0.1, 0.15) is 48.5 Å². The number of rotatable bonds is 22. The monoisotopic (exact) mass is 1250 g/mol. The number of carbonyl (C=O) groups is 2. The average Bonchev–Trinajstić information content (AvgIpc) is 4.40. The van der Waals surface area contributed by atoms with E-state index in [2.05, 4.69) is 197 Å². The normalized spacial score (nSPS) is 18.4. The fraction of sp³-hybridized carbons (Fsp3) is 0.418. The Morgan fingerprint density at radius 1 is 0.590 bits per heavy atom. The van der Waals surface area contributed by atoms with Crippen LogP contribution >= 0.6 is 7.26 Å². The largest absolute Gasteiger partial charge is 0.442 e. The molecule has 2 unspecified atom stereocenters. The Kier molecular flexibility index (Phi) is 18.9. The van der Waals surface area contributed by atoms with Crippen LogP contribution < -0.4 is 25.4 Å². The van der Waals surface area contributed by atoms with Crippen molar-refractivity contribution in [1.29, 1.82) is 0 Å². The number of amides is 4. The summed E-state index contributed by atoms with van der Waals surface area (Å²) in [6.45, 7) is 23.5. The number of hydrogen-bond donors (Lipinski definition) is 2. The third kappa shape index (κ3) is 14.2. The third-order valence-electron chi connectivity index (χ3n) is 15.9. The van der Waals surface area contributed by atoms with Gasteiger partial charge in [0, 0.05) is 39.4 Å². The number of urea groups is 2. The summed E-state index contributed by atoms with van der Waals surface area (Å²) in [6.07, 6.45) is 10.1. The first kappa shape index (κ1) is 63.3. The summed E-state index contributed by atoms with van der Waals surface area (Å²) in [7, 11) is -19.2. The minimum atomic E-state index is -5.08. The first-order valence-corrected chi connectivity index (χ1v) is 39.5. The molecule has 0 spiro atoms. The van der Waals surface area contributed by atoms with Crippen molar-refractivity contribution >= 4 is 93.7 Å². The van der Waals surface area contributed by atoms with E-state index in [0.717, 1.165) is 12.4 Å². The summed E-state index contributed by atoms with van der Waals surface area (Å²) in [5.74, 6) is 2.44. The molecule has 0 radical (unpaired) electrons. The maximum absolute atomic E-state index is 13.3. The number of nitrogens with one attached hydrogen (secondary N) is 2. The van der Waals surface area contributed by atoms with Crippen LogP contribution in [0.5, 0.6) is 0 Å². The smallest absolute Gasteiger partial charge is 0.415 e. The molecular formula is C55H77N10O12PS3Si2. The Morgan fingerprint density at radius 3 is 1.27 bits per heavy atom. The first-order chi connectivity index (χ1) is 38.9. The molecule has 2 aromatic heterocycles. The van der Waals surface area contributed by atoms with Crippen molar-refractivity contribution < 1.29 is 52.3 Å². The number of nitrogens with zero attached hydrogens (tertiary/aromatic N) is 8. The molecule has 450 valence electrons. The number of hydrogen-bond acceptors (Lipinski definition) is 14. The van der Waals surface area contributed by atoms with Gasteiger partial charge >= 0.3 is 155 Å². The van der Waals surface area contributed by atoms with Crippen molar-refractivity contribution in [3.8, 4) is 0 Å². The van der Waals surface area contributed by atoms with Gasteiger partial charge in [-0.2, -0.15) is 28.7 Å². The molecule has 0 saturated carbocycles. The minimum absolute atomic E-state index is 0.0350. The van der Waals surface area contributed by atoms with Crippen molar-refractivity contribution in [3.63, 3.8) is 0 Å². The fourth-order valence-electron chi connectivity index (χ4n) is 9.36. The quantitative estimate of drug-likeness (QED) is 0.0418. The van der Waals surface area contributed by atoms with Gasteiger partial charge < -0.3 is 18.7 Å². The van der Waals surface area contributed by atoms with E-state index in [4.69, 9.17) is 17.4 Å². The third-order valence-corrected chi connectivity index (χ3v) is 33.1. The van der Waals surface area contributed by atoms with E-state index in [9.17, 15) is 34.8 Å². The molecule has 3 aromatic carbocycles.